The summed E-state index contributed by atoms with van der Waals surface area (Å²) in [6.07, 6.45) is -1.86. The van der Waals surface area contributed by atoms with Gasteiger partial charge in [-0.05, 0) is 51.3 Å². The molecule has 39 heavy (non-hydrogen) atoms. The lowest BCUT2D eigenvalue weighted by Crippen LogP contribution is -2.63. The highest BCUT2D eigenvalue weighted by Gasteiger charge is 2.45. The fraction of sp³-hybridized carbons (Fsp3) is 0.571. The fourth-order valence-corrected chi connectivity index (χ4v) is 5.90. The van der Waals surface area contributed by atoms with Gasteiger partial charge in [0.1, 0.15) is 11.9 Å². The fourth-order valence-electron chi connectivity index (χ4n) is 5.90. The van der Waals surface area contributed by atoms with Gasteiger partial charge >= 0.3 is 6.18 Å². The zero-order valence-corrected chi connectivity index (χ0v) is 22.8. The largest absolute Gasteiger partial charge is 0.416 e. The van der Waals surface area contributed by atoms with Gasteiger partial charge in [-0.2, -0.15) is 18.4 Å². The van der Waals surface area contributed by atoms with E-state index in [2.05, 4.69) is 32.8 Å². The van der Waals surface area contributed by atoms with Gasteiger partial charge in [-0.3, -0.25) is 14.6 Å². The number of nitrogens with zero attached hydrogens (tertiary/aromatic N) is 6. The number of ether oxygens (including phenoxy) is 1. The molecule has 1 unspecified atom stereocenters. The van der Waals surface area contributed by atoms with E-state index in [1.165, 1.54) is 18.5 Å². The molecule has 0 radical (unpaired) electrons. The Morgan fingerprint density at radius 1 is 1.13 bits per heavy atom. The number of rotatable bonds is 6. The van der Waals surface area contributed by atoms with Crippen molar-refractivity contribution in [2.45, 2.75) is 57.4 Å². The first-order chi connectivity index (χ1) is 18.5. The molecule has 1 aromatic heterocycles. The summed E-state index contributed by atoms with van der Waals surface area (Å²) >= 11 is 0. The number of carbonyl (C=O) groups excluding carboxylic acids is 1. The molecule has 0 bridgehead atoms. The Hall–Kier alpha value is -3.07. The van der Waals surface area contributed by atoms with Crippen LogP contribution in [0.2, 0.25) is 0 Å². The maximum Gasteiger partial charge on any atom is 0.416 e. The molecule has 1 amide bonds. The predicted octanol–water partition coefficient (Wildman–Crippen LogP) is 4.00. The third kappa shape index (κ3) is 5.93. The number of hydrogen-bond donors (Lipinski definition) is 0. The Balaban J connectivity index is 1.44. The summed E-state index contributed by atoms with van der Waals surface area (Å²) in [7, 11) is 1.59. The van der Waals surface area contributed by atoms with E-state index in [9.17, 15) is 23.2 Å². The zero-order valence-electron chi connectivity index (χ0n) is 22.8. The van der Waals surface area contributed by atoms with Gasteiger partial charge in [-0.15, -0.1) is 0 Å². The summed E-state index contributed by atoms with van der Waals surface area (Å²) in [5, 5.41) is 10.3. The summed E-state index contributed by atoms with van der Waals surface area (Å²) < 4.78 is 44.7. The number of carbonyl (C=O) groups is 1. The van der Waals surface area contributed by atoms with Crippen molar-refractivity contribution < 1.29 is 22.7 Å². The number of aryl methyl sites for hydroxylation is 2. The molecule has 2 saturated heterocycles. The minimum atomic E-state index is -4.38. The molecular weight excluding hydrogens is 509 g/mol. The van der Waals surface area contributed by atoms with Crippen molar-refractivity contribution in [2.24, 2.45) is 0 Å². The highest BCUT2D eigenvalue weighted by Crippen LogP contribution is 2.35. The number of alkyl halides is 3. The lowest BCUT2D eigenvalue weighted by atomic mass is 9.85. The van der Waals surface area contributed by atoms with Crippen LogP contribution in [-0.4, -0.2) is 88.6 Å². The number of methoxy groups -OCH3 is 1. The van der Waals surface area contributed by atoms with Crippen molar-refractivity contribution in [2.75, 3.05) is 46.4 Å². The van der Waals surface area contributed by atoms with Gasteiger partial charge in [0.25, 0.3) is 5.91 Å². The van der Waals surface area contributed by atoms with E-state index in [1.807, 2.05) is 0 Å². The molecular formula is C28H35F3N6O2. The van der Waals surface area contributed by atoms with Gasteiger partial charge in [0, 0.05) is 45.9 Å². The van der Waals surface area contributed by atoms with Crippen LogP contribution >= 0.6 is 0 Å². The Labute approximate surface area is 227 Å². The third-order valence-electron chi connectivity index (χ3n) is 8.16. The second kappa shape index (κ2) is 11.6. The number of benzene rings is 1. The second-order valence-corrected chi connectivity index (χ2v) is 10.5. The molecule has 0 spiro atoms. The smallest absolute Gasteiger partial charge is 0.383 e. The van der Waals surface area contributed by atoms with E-state index in [-0.39, 0.29) is 18.0 Å². The SMILES string of the molecule is COCC(c1ccc(C(F)(F)F)cc1)N1CCN(C2(C#N)CCN(C(=O)c3c(C)ncnc3C)CC2)C[C@@H]1C. The van der Waals surface area contributed by atoms with Crippen molar-refractivity contribution in [3.8, 4) is 6.07 Å². The highest BCUT2D eigenvalue weighted by molar-refractivity contribution is 5.96. The Bertz CT molecular complexity index is 1190. The maximum absolute atomic E-state index is 13.2. The van der Waals surface area contributed by atoms with E-state index in [0.29, 0.717) is 69.1 Å². The molecule has 2 aliphatic rings. The molecule has 11 heteroatoms. The topological polar surface area (TPSA) is 85.6 Å². The number of aromatic nitrogens is 2. The summed E-state index contributed by atoms with van der Waals surface area (Å²) in [6.45, 7) is 8.86. The molecule has 0 N–H and O–H groups in total. The lowest BCUT2D eigenvalue weighted by Gasteiger charge is -2.51. The average molecular weight is 545 g/mol. The van der Waals surface area contributed by atoms with Crippen LogP contribution in [0.15, 0.2) is 30.6 Å². The molecule has 8 nitrogen and oxygen atoms in total. The Morgan fingerprint density at radius 2 is 1.74 bits per heavy atom. The number of hydrogen-bond acceptors (Lipinski definition) is 7. The molecule has 210 valence electrons. The van der Waals surface area contributed by atoms with Gasteiger partial charge in [0.2, 0.25) is 0 Å². The number of piperazine rings is 1. The van der Waals surface area contributed by atoms with E-state index in [0.717, 1.165) is 17.7 Å². The Kier molecular flexibility index (Phi) is 8.59. The van der Waals surface area contributed by atoms with Crippen LogP contribution in [0.3, 0.4) is 0 Å². The summed E-state index contributed by atoms with van der Waals surface area (Å²) in [6, 6.07) is 7.68. The van der Waals surface area contributed by atoms with E-state index in [1.54, 1.807) is 25.9 Å². The van der Waals surface area contributed by atoms with Crippen molar-refractivity contribution in [3.05, 3.63) is 58.7 Å². The zero-order chi connectivity index (χ0) is 28.4. The van der Waals surface area contributed by atoms with E-state index >= 15 is 0 Å². The number of nitriles is 1. The highest BCUT2D eigenvalue weighted by atomic mass is 19.4. The summed E-state index contributed by atoms with van der Waals surface area (Å²) in [4.78, 5) is 27.8. The third-order valence-corrected chi connectivity index (χ3v) is 8.16. The van der Waals surface area contributed by atoms with Crippen LogP contribution in [0.4, 0.5) is 13.2 Å². The molecule has 4 rings (SSSR count). The second-order valence-electron chi connectivity index (χ2n) is 10.5. The average Bonchev–Trinajstić information content (AvgIpc) is 2.91. The minimum absolute atomic E-state index is 0.0397. The van der Waals surface area contributed by atoms with Crippen LogP contribution in [0, 0.1) is 25.2 Å². The lowest BCUT2D eigenvalue weighted by molar-refractivity contribution is -0.137. The minimum Gasteiger partial charge on any atom is -0.383 e. The number of likely N-dealkylation sites (tertiary alicyclic amines) is 1. The number of halogens is 3. The first-order valence-electron chi connectivity index (χ1n) is 13.2. The van der Waals surface area contributed by atoms with Crippen molar-refractivity contribution in [3.63, 3.8) is 0 Å². The molecule has 0 saturated carbocycles. The summed E-state index contributed by atoms with van der Waals surface area (Å²) in [5.41, 5.74) is 1.23. The van der Waals surface area contributed by atoms with E-state index < -0.39 is 17.3 Å². The van der Waals surface area contributed by atoms with Gasteiger partial charge in [-0.1, -0.05) is 12.1 Å². The number of amides is 1. The van der Waals surface area contributed by atoms with Gasteiger partial charge < -0.3 is 9.64 Å². The molecule has 3 heterocycles. The van der Waals surface area contributed by atoms with Crippen molar-refractivity contribution in [1.82, 2.24) is 24.7 Å². The Morgan fingerprint density at radius 3 is 2.26 bits per heavy atom. The molecule has 2 atom stereocenters. The van der Waals surface area contributed by atoms with E-state index in [4.69, 9.17) is 4.74 Å². The van der Waals surface area contributed by atoms with Crippen LogP contribution in [0.1, 0.15) is 58.7 Å². The van der Waals surface area contributed by atoms with Crippen LogP contribution in [-0.2, 0) is 10.9 Å². The molecule has 2 aromatic rings. The van der Waals surface area contributed by atoms with Crippen LogP contribution in [0.25, 0.3) is 0 Å². The molecule has 2 fully saturated rings. The molecule has 0 aliphatic carbocycles. The standard InChI is InChI=1S/C28H35F3N6O2/c1-19-15-36(13-14-37(19)24(16-39-4)22-5-7-23(8-6-22)28(29,30)31)27(17-32)9-11-35(12-10-27)26(38)25-20(2)33-18-34-21(25)3/h5-8,18-19,24H,9-16H2,1-4H3/t19-,24?/m0/s1. The predicted molar refractivity (Wildman–Crippen MR) is 139 cm³/mol. The van der Waals surface area contributed by atoms with Crippen molar-refractivity contribution in [1.29, 1.82) is 5.26 Å². The van der Waals surface area contributed by atoms with Gasteiger partial charge in [0.05, 0.1) is 41.2 Å². The van der Waals surface area contributed by atoms with Gasteiger partial charge in [-0.25, -0.2) is 9.97 Å². The quantitative estimate of drug-likeness (QED) is 0.543. The first kappa shape index (κ1) is 28.9. The first-order valence-corrected chi connectivity index (χ1v) is 13.2. The van der Waals surface area contributed by atoms with Crippen molar-refractivity contribution >= 4 is 5.91 Å². The van der Waals surface area contributed by atoms with Crippen LogP contribution < -0.4 is 0 Å². The summed E-state index contributed by atoms with van der Waals surface area (Å²) in [5.74, 6) is -0.103. The van der Waals surface area contributed by atoms with Gasteiger partial charge in [0.15, 0.2) is 0 Å². The molecule has 2 aliphatic heterocycles. The number of piperidine rings is 1. The molecule has 1 aromatic carbocycles. The normalized spacial score (nSPS) is 21.4. The monoisotopic (exact) mass is 544 g/mol. The van der Waals surface area contributed by atoms with Crippen LogP contribution in [0.5, 0.6) is 0 Å². The maximum atomic E-state index is 13.2.